The summed E-state index contributed by atoms with van der Waals surface area (Å²) in [6.07, 6.45) is 0. The highest BCUT2D eigenvalue weighted by molar-refractivity contribution is 5.43. The summed E-state index contributed by atoms with van der Waals surface area (Å²) in [4.78, 5) is 0. The van der Waals surface area contributed by atoms with Gasteiger partial charge in [0.15, 0.2) is 5.82 Å². The molecule has 0 atom stereocenters. The Morgan fingerprint density at radius 1 is 1.12 bits per heavy atom. The SMILES string of the molecule is Cc1cc(C)c(NCc2ccc(O)cc2)nn1. The molecule has 1 aromatic heterocycles. The van der Waals surface area contributed by atoms with Crippen LogP contribution in [-0.2, 0) is 6.54 Å². The molecular formula is C13H15N3O. The minimum absolute atomic E-state index is 0.278. The predicted octanol–water partition coefficient (Wildman–Crippen LogP) is 2.41. The van der Waals surface area contributed by atoms with E-state index < -0.39 is 0 Å². The minimum Gasteiger partial charge on any atom is -0.508 e. The molecule has 0 saturated carbocycles. The summed E-state index contributed by atoms with van der Waals surface area (Å²) in [5.41, 5.74) is 3.08. The lowest BCUT2D eigenvalue weighted by atomic mass is 10.2. The van der Waals surface area contributed by atoms with E-state index in [1.54, 1.807) is 12.1 Å². The Balaban J connectivity index is 2.04. The number of hydrogen-bond acceptors (Lipinski definition) is 4. The van der Waals surface area contributed by atoms with Gasteiger partial charge in [0.25, 0.3) is 0 Å². The Morgan fingerprint density at radius 3 is 2.47 bits per heavy atom. The number of anilines is 1. The first-order chi connectivity index (χ1) is 8.15. The molecule has 0 spiro atoms. The van der Waals surface area contributed by atoms with Crippen LogP contribution in [0.15, 0.2) is 30.3 Å². The summed E-state index contributed by atoms with van der Waals surface area (Å²) in [6.45, 7) is 4.59. The molecule has 2 N–H and O–H groups in total. The summed E-state index contributed by atoms with van der Waals surface area (Å²) < 4.78 is 0. The van der Waals surface area contributed by atoms with Crippen LogP contribution >= 0.6 is 0 Å². The quantitative estimate of drug-likeness (QED) is 0.848. The Kier molecular flexibility index (Phi) is 3.23. The number of aryl methyl sites for hydroxylation is 2. The van der Waals surface area contributed by atoms with Crippen molar-refractivity contribution >= 4 is 5.82 Å². The van der Waals surface area contributed by atoms with E-state index in [1.807, 2.05) is 32.0 Å². The molecule has 2 aromatic rings. The van der Waals surface area contributed by atoms with Crippen LogP contribution in [0.1, 0.15) is 16.8 Å². The van der Waals surface area contributed by atoms with Gasteiger partial charge in [-0.1, -0.05) is 12.1 Å². The molecule has 0 saturated heterocycles. The van der Waals surface area contributed by atoms with Crippen molar-refractivity contribution in [3.8, 4) is 5.75 Å². The van der Waals surface area contributed by atoms with Crippen molar-refractivity contribution in [2.24, 2.45) is 0 Å². The van der Waals surface area contributed by atoms with E-state index in [-0.39, 0.29) is 5.75 Å². The van der Waals surface area contributed by atoms with Crippen molar-refractivity contribution in [2.75, 3.05) is 5.32 Å². The van der Waals surface area contributed by atoms with E-state index in [0.717, 1.165) is 22.6 Å². The maximum Gasteiger partial charge on any atom is 0.151 e. The van der Waals surface area contributed by atoms with Gasteiger partial charge in [0.05, 0.1) is 5.69 Å². The van der Waals surface area contributed by atoms with Gasteiger partial charge < -0.3 is 10.4 Å². The number of aromatic hydroxyl groups is 1. The van der Waals surface area contributed by atoms with Gasteiger partial charge in [-0.2, -0.15) is 5.10 Å². The molecule has 0 fully saturated rings. The first-order valence-electron chi connectivity index (χ1n) is 5.48. The summed E-state index contributed by atoms with van der Waals surface area (Å²) >= 11 is 0. The third-order valence-corrected chi connectivity index (χ3v) is 2.50. The van der Waals surface area contributed by atoms with E-state index in [9.17, 15) is 5.11 Å². The van der Waals surface area contributed by atoms with Crippen LogP contribution in [0.2, 0.25) is 0 Å². The Hall–Kier alpha value is -2.10. The van der Waals surface area contributed by atoms with Crippen LogP contribution in [0.5, 0.6) is 5.75 Å². The van der Waals surface area contributed by atoms with E-state index >= 15 is 0 Å². The molecule has 88 valence electrons. The fraction of sp³-hybridized carbons (Fsp3) is 0.231. The summed E-state index contributed by atoms with van der Waals surface area (Å²) in [5, 5.41) is 20.5. The van der Waals surface area contributed by atoms with E-state index in [2.05, 4.69) is 15.5 Å². The lowest BCUT2D eigenvalue weighted by Crippen LogP contribution is -2.04. The monoisotopic (exact) mass is 229 g/mol. The van der Waals surface area contributed by atoms with Crippen molar-refractivity contribution in [1.82, 2.24) is 10.2 Å². The van der Waals surface area contributed by atoms with Crippen LogP contribution in [0.3, 0.4) is 0 Å². The molecule has 1 aromatic carbocycles. The summed E-state index contributed by atoms with van der Waals surface area (Å²) in [6, 6.07) is 9.08. The molecule has 0 aliphatic heterocycles. The molecule has 0 radical (unpaired) electrons. The van der Waals surface area contributed by atoms with E-state index in [1.165, 1.54) is 0 Å². The minimum atomic E-state index is 0.278. The van der Waals surface area contributed by atoms with Crippen LogP contribution in [-0.4, -0.2) is 15.3 Å². The highest BCUT2D eigenvalue weighted by atomic mass is 16.3. The second-order valence-corrected chi connectivity index (χ2v) is 4.04. The Labute approximate surface area is 100 Å². The number of aromatic nitrogens is 2. The average Bonchev–Trinajstić information content (AvgIpc) is 2.30. The van der Waals surface area contributed by atoms with Crippen LogP contribution in [0, 0.1) is 13.8 Å². The molecule has 0 aliphatic rings. The molecular weight excluding hydrogens is 214 g/mol. The van der Waals surface area contributed by atoms with Crippen LogP contribution < -0.4 is 5.32 Å². The largest absolute Gasteiger partial charge is 0.508 e. The first-order valence-corrected chi connectivity index (χ1v) is 5.48. The topological polar surface area (TPSA) is 58.0 Å². The number of hydrogen-bond donors (Lipinski definition) is 2. The van der Waals surface area contributed by atoms with Crippen molar-refractivity contribution in [2.45, 2.75) is 20.4 Å². The lowest BCUT2D eigenvalue weighted by Gasteiger charge is -2.08. The fourth-order valence-corrected chi connectivity index (χ4v) is 1.59. The number of nitrogens with zero attached hydrogens (tertiary/aromatic N) is 2. The number of nitrogens with one attached hydrogen (secondary N) is 1. The maximum absolute atomic E-state index is 9.17. The standard InChI is InChI=1S/C13H15N3O/c1-9-7-10(2)15-16-13(9)14-8-11-3-5-12(17)6-4-11/h3-7,17H,8H2,1-2H3,(H,14,16). The van der Waals surface area contributed by atoms with Gasteiger partial charge in [0.2, 0.25) is 0 Å². The summed E-state index contributed by atoms with van der Waals surface area (Å²) in [5.74, 6) is 1.07. The van der Waals surface area contributed by atoms with Crippen molar-refractivity contribution in [3.63, 3.8) is 0 Å². The molecule has 0 amide bonds. The number of benzene rings is 1. The van der Waals surface area contributed by atoms with E-state index in [4.69, 9.17) is 0 Å². The van der Waals surface area contributed by atoms with Crippen molar-refractivity contribution in [1.29, 1.82) is 0 Å². The molecule has 0 bridgehead atoms. The van der Waals surface area contributed by atoms with Gasteiger partial charge >= 0.3 is 0 Å². The summed E-state index contributed by atoms with van der Waals surface area (Å²) in [7, 11) is 0. The maximum atomic E-state index is 9.17. The second kappa shape index (κ2) is 4.82. The fourth-order valence-electron chi connectivity index (χ4n) is 1.59. The zero-order chi connectivity index (χ0) is 12.3. The van der Waals surface area contributed by atoms with Gasteiger partial charge in [-0.3, -0.25) is 0 Å². The molecule has 0 unspecified atom stereocenters. The van der Waals surface area contributed by atoms with Crippen LogP contribution in [0.4, 0.5) is 5.82 Å². The second-order valence-electron chi connectivity index (χ2n) is 4.04. The molecule has 2 rings (SSSR count). The molecule has 17 heavy (non-hydrogen) atoms. The van der Waals surface area contributed by atoms with Gasteiger partial charge in [-0.05, 0) is 43.2 Å². The number of phenols is 1. The number of phenolic OH excluding ortho intramolecular Hbond substituents is 1. The molecule has 1 heterocycles. The van der Waals surface area contributed by atoms with Gasteiger partial charge in [-0.15, -0.1) is 5.10 Å². The zero-order valence-corrected chi connectivity index (χ0v) is 9.94. The third kappa shape index (κ3) is 2.93. The molecule has 4 heteroatoms. The lowest BCUT2D eigenvalue weighted by molar-refractivity contribution is 0.475. The van der Waals surface area contributed by atoms with Gasteiger partial charge in [0, 0.05) is 6.54 Å². The highest BCUT2D eigenvalue weighted by Gasteiger charge is 2.01. The Bertz CT molecular complexity index is 509. The Morgan fingerprint density at radius 2 is 1.82 bits per heavy atom. The van der Waals surface area contributed by atoms with Crippen molar-refractivity contribution in [3.05, 3.63) is 47.2 Å². The number of rotatable bonds is 3. The van der Waals surface area contributed by atoms with Crippen molar-refractivity contribution < 1.29 is 5.11 Å². The van der Waals surface area contributed by atoms with Gasteiger partial charge in [-0.25, -0.2) is 0 Å². The highest BCUT2D eigenvalue weighted by Crippen LogP contribution is 2.13. The zero-order valence-electron chi connectivity index (χ0n) is 9.94. The van der Waals surface area contributed by atoms with Gasteiger partial charge in [0.1, 0.15) is 5.75 Å². The van der Waals surface area contributed by atoms with E-state index in [0.29, 0.717) is 6.54 Å². The molecule has 4 nitrogen and oxygen atoms in total. The first kappa shape index (κ1) is 11.4. The normalized spacial score (nSPS) is 10.2. The smallest absolute Gasteiger partial charge is 0.151 e. The average molecular weight is 229 g/mol. The third-order valence-electron chi connectivity index (χ3n) is 2.50. The van der Waals surface area contributed by atoms with Crippen LogP contribution in [0.25, 0.3) is 0 Å². The predicted molar refractivity (Wildman–Crippen MR) is 66.9 cm³/mol. The molecule has 0 aliphatic carbocycles.